The fourth-order valence-corrected chi connectivity index (χ4v) is 2.60. The SMILES string of the molecule is COC(=O)c1nn(CCC2CCCCN2C)cc1N. The van der Waals surface area contributed by atoms with Crippen LogP contribution in [0.2, 0.25) is 0 Å². The van der Waals surface area contributed by atoms with Crippen molar-refractivity contribution in [1.82, 2.24) is 14.7 Å². The first-order chi connectivity index (χ1) is 9.11. The number of nitrogen functional groups attached to an aromatic ring is 1. The molecule has 1 aromatic heterocycles. The number of hydrogen-bond acceptors (Lipinski definition) is 5. The van der Waals surface area contributed by atoms with Gasteiger partial charge in [0.05, 0.1) is 12.8 Å². The van der Waals surface area contributed by atoms with Crippen LogP contribution in [-0.2, 0) is 11.3 Å². The van der Waals surface area contributed by atoms with Crippen LogP contribution < -0.4 is 5.73 Å². The number of esters is 1. The van der Waals surface area contributed by atoms with Gasteiger partial charge in [0.25, 0.3) is 0 Å². The number of aromatic nitrogens is 2. The molecule has 1 aliphatic rings. The van der Waals surface area contributed by atoms with Crippen molar-refractivity contribution >= 4 is 11.7 Å². The molecule has 0 aromatic carbocycles. The van der Waals surface area contributed by atoms with Gasteiger partial charge in [-0.3, -0.25) is 4.68 Å². The van der Waals surface area contributed by atoms with Crippen LogP contribution in [-0.4, -0.2) is 47.4 Å². The normalized spacial score (nSPS) is 20.4. The molecule has 1 unspecified atom stereocenters. The van der Waals surface area contributed by atoms with Gasteiger partial charge >= 0.3 is 5.97 Å². The third kappa shape index (κ3) is 3.26. The number of carbonyl (C=O) groups excluding carboxylic acids is 1. The molecule has 0 bridgehead atoms. The Balaban J connectivity index is 1.94. The van der Waals surface area contributed by atoms with Crippen molar-refractivity contribution < 1.29 is 9.53 Å². The van der Waals surface area contributed by atoms with E-state index in [1.54, 1.807) is 10.9 Å². The monoisotopic (exact) mass is 266 g/mol. The summed E-state index contributed by atoms with van der Waals surface area (Å²) in [7, 11) is 3.50. The summed E-state index contributed by atoms with van der Waals surface area (Å²) in [5, 5.41) is 4.19. The van der Waals surface area contributed by atoms with Crippen molar-refractivity contribution in [2.75, 3.05) is 26.4 Å². The van der Waals surface area contributed by atoms with Gasteiger partial charge in [-0.05, 0) is 32.9 Å². The summed E-state index contributed by atoms with van der Waals surface area (Å²) >= 11 is 0. The van der Waals surface area contributed by atoms with Crippen molar-refractivity contribution in [2.45, 2.75) is 38.3 Å². The number of anilines is 1. The van der Waals surface area contributed by atoms with Gasteiger partial charge in [0.15, 0.2) is 5.69 Å². The van der Waals surface area contributed by atoms with Gasteiger partial charge in [-0.1, -0.05) is 6.42 Å². The summed E-state index contributed by atoms with van der Waals surface area (Å²) in [4.78, 5) is 13.8. The van der Waals surface area contributed by atoms with E-state index in [4.69, 9.17) is 5.73 Å². The van der Waals surface area contributed by atoms with E-state index in [-0.39, 0.29) is 5.69 Å². The van der Waals surface area contributed by atoms with E-state index in [1.165, 1.54) is 32.9 Å². The topological polar surface area (TPSA) is 73.4 Å². The van der Waals surface area contributed by atoms with Crippen LogP contribution in [0, 0.1) is 0 Å². The number of methoxy groups -OCH3 is 1. The van der Waals surface area contributed by atoms with E-state index < -0.39 is 5.97 Å². The molecule has 1 fully saturated rings. The summed E-state index contributed by atoms with van der Waals surface area (Å²) in [6.45, 7) is 1.94. The maximum absolute atomic E-state index is 11.4. The predicted octanol–water partition coefficient (Wildman–Crippen LogP) is 1.13. The number of nitrogens with zero attached hydrogens (tertiary/aromatic N) is 3. The maximum atomic E-state index is 11.4. The summed E-state index contributed by atoms with van der Waals surface area (Å²) in [5.41, 5.74) is 6.35. The molecule has 19 heavy (non-hydrogen) atoms. The zero-order valence-electron chi connectivity index (χ0n) is 11.6. The van der Waals surface area contributed by atoms with Crippen molar-refractivity contribution in [1.29, 1.82) is 0 Å². The first-order valence-electron chi connectivity index (χ1n) is 6.73. The molecule has 2 N–H and O–H groups in total. The van der Waals surface area contributed by atoms with Crippen LogP contribution >= 0.6 is 0 Å². The fourth-order valence-electron chi connectivity index (χ4n) is 2.60. The highest BCUT2D eigenvalue weighted by Gasteiger charge is 2.20. The van der Waals surface area contributed by atoms with Crippen LogP contribution in [0.3, 0.4) is 0 Å². The highest BCUT2D eigenvalue weighted by molar-refractivity contribution is 5.92. The minimum atomic E-state index is -0.481. The second kappa shape index (κ2) is 6.06. The Kier molecular flexibility index (Phi) is 4.42. The third-order valence-corrected chi connectivity index (χ3v) is 3.78. The minimum Gasteiger partial charge on any atom is -0.464 e. The molecule has 0 spiro atoms. The van der Waals surface area contributed by atoms with Crippen LogP contribution in [0.4, 0.5) is 5.69 Å². The van der Waals surface area contributed by atoms with Crippen LogP contribution in [0.5, 0.6) is 0 Å². The quantitative estimate of drug-likeness (QED) is 0.827. The minimum absolute atomic E-state index is 0.208. The number of nitrogens with two attached hydrogens (primary N) is 1. The molecule has 2 heterocycles. The molecule has 0 amide bonds. The van der Waals surface area contributed by atoms with Crippen LogP contribution in [0.15, 0.2) is 6.20 Å². The molecule has 106 valence electrons. The molecule has 0 radical (unpaired) electrons. The van der Waals surface area contributed by atoms with Gasteiger partial charge in [0, 0.05) is 18.8 Å². The van der Waals surface area contributed by atoms with Gasteiger partial charge in [0.1, 0.15) is 0 Å². The van der Waals surface area contributed by atoms with E-state index in [1.807, 2.05) is 0 Å². The van der Waals surface area contributed by atoms with Gasteiger partial charge in [-0.2, -0.15) is 5.10 Å². The molecular weight excluding hydrogens is 244 g/mol. The van der Waals surface area contributed by atoms with Crippen molar-refractivity contribution in [3.63, 3.8) is 0 Å². The molecule has 1 atom stereocenters. The zero-order valence-corrected chi connectivity index (χ0v) is 11.6. The number of piperidine rings is 1. The summed E-state index contributed by atoms with van der Waals surface area (Å²) in [6.07, 6.45) is 6.54. The van der Waals surface area contributed by atoms with E-state index >= 15 is 0 Å². The summed E-state index contributed by atoms with van der Waals surface area (Å²) in [6, 6.07) is 0.598. The second-order valence-corrected chi connectivity index (χ2v) is 5.11. The molecule has 1 saturated heterocycles. The molecular formula is C13H22N4O2. The lowest BCUT2D eigenvalue weighted by atomic mass is 10.0. The highest BCUT2D eigenvalue weighted by atomic mass is 16.5. The fraction of sp³-hybridized carbons (Fsp3) is 0.692. The van der Waals surface area contributed by atoms with Gasteiger partial charge in [-0.15, -0.1) is 0 Å². The van der Waals surface area contributed by atoms with E-state index in [2.05, 4.69) is 21.8 Å². The van der Waals surface area contributed by atoms with Gasteiger partial charge in [-0.25, -0.2) is 4.79 Å². The first kappa shape index (κ1) is 13.9. The highest BCUT2D eigenvalue weighted by Crippen LogP contribution is 2.19. The number of carbonyl (C=O) groups is 1. The molecule has 1 aromatic rings. The lowest BCUT2D eigenvalue weighted by Crippen LogP contribution is -2.36. The largest absolute Gasteiger partial charge is 0.464 e. The van der Waals surface area contributed by atoms with Gasteiger partial charge in [0.2, 0.25) is 0 Å². The average Bonchev–Trinajstić information content (AvgIpc) is 2.78. The van der Waals surface area contributed by atoms with E-state index in [0.717, 1.165) is 13.0 Å². The Morgan fingerprint density at radius 1 is 1.58 bits per heavy atom. The van der Waals surface area contributed by atoms with Crippen molar-refractivity contribution in [2.24, 2.45) is 0 Å². The smallest absolute Gasteiger partial charge is 0.360 e. The Bertz CT molecular complexity index is 444. The standard InChI is InChI=1S/C13H22N4O2/c1-16-7-4-3-5-10(16)6-8-17-9-11(14)12(15-17)13(18)19-2/h9-10H,3-8,14H2,1-2H3. The molecule has 0 saturated carbocycles. The molecule has 0 aliphatic carbocycles. The summed E-state index contributed by atoms with van der Waals surface area (Å²) in [5.74, 6) is -0.481. The number of ether oxygens (including phenoxy) is 1. The number of rotatable bonds is 4. The number of hydrogen-bond donors (Lipinski definition) is 1. The maximum Gasteiger partial charge on any atom is 0.360 e. The zero-order chi connectivity index (χ0) is 13.8. The first-order valence-corrected chi connectivity index (χ1v) is 6.73. The molecule has 1 aliphatic heterocycles. The molecule has 6 nitrogen and oxygen atoms in total. The Morgan fingerprint density at radius 2 is 2.37 bits per heavy atom. The molecule has 2 rings (SSSR count). The van der Waals surface area contributed by atoms with Crippen LogP contribution in [0.25, 0.3) is 0 Å². The Hall–Kier alpha value is -1.56. The Labute approximate surface area is 113 Å². The van der Waals surface area contributed by atoms with Crippen molar-refractivity contribution in [3.05, 3.63) is 11.9 Å². The lowest BCUT2D eigenvalue weighted by molar-refractivity contribution is 0.0594. The number of likely N-dealkylation sites (tertiary alicyclic amines) is 1. The second-order valence-electron chi connectivity index (χ2n) is 5.11. The third-order valence-electron chi connectivity index (χ3n) is 3.78. The van der Waals surface area contributed by atoms with Gasteiger partial charge < -0.3 is 15.4 Å². The summed E-state index contributed by atoms with van der Waals surface area (Å²) < 4.78 is 6.38. The lowest BCUT2D eigenvalue weighted by Gasteiger charge is -2.32. The van der Waals surface area contributed by atoms with Crippen LogP contribution in [0.1, 0.15) is 36.2 Å². The Morgan fingerprint density at radius 3 is 3.05 bits per heavy atom. The van der Waals surface area contributed by atoms with Crippen molar-refractivity contribution in [3.8, 4) is 0 Å². The average molecular weight is 266 g/mol. The van der Waals surface area contributed by atoms with E-state index in [9.17, 15) is 4.79 Å². The predicted molar refractivity (Wildman–Crippen MR) is 72.9 cm³/mol. The molecule has 6 heteroatoms. The number of aryl methyl sites for hydroxylation is 1. The van der Waals surface area contributed by atoms with E-state index in [0.29, 0.717) is 11.7 Å².